The van der Waals surface area contributed by atoms with E-state index in [0.29, 0.717) is 0 Å². The van der Waals surface area contributed by atoms with E-state index in [1.165, 1.54) is 0 Å². The molecule has 0 N–H and O–H groups in total. The van der Waals surface area contributed by atoms with Gasteiger partial charge in [0.25, 0.3) is 0 Å². The number of aromatic nitrogens is 2. The smallest absolute Gasteiger partial charge is 0.140 e. The zero-order chi connectivity index (χ0) is 13.9. The second kappa shape index (κ2) is 5.73. The highest BCUT2D eigenvalue weighted by molar-refractivity contribution is 5.89. The van der Waals surface area contributed by atoms with Crippen molar-refractivity contribution in [3.05, 3.63) is 30.6 Å². The normalized spacial score (nSPS) is 19.8. The number of hydrogen-bond acceptors (Lipinski definition) is 5. The molecule has 5 nitrogen and oxygen atoms in total. The van der Waals surface area contributed by atoms with Gasteiger partial charge in [0.05, 0.1) is 18.2 Å². The van der Waals surface area contributed by atoms with Crippen LogP contribution in [0, 0.1) is 0 Å². The molecule has 1 atom stereocenters. The predicted molar refractivity (Wildman–Crippen MR) is 80.0 cm³/mol. The van der Waals surface area contributed by atoms with Crippen molar-refractivity contribution in [1.29, 1.82) is 0 Å². The van der Waals surface area contributed by atoms with Crippen LogP contribution >= 0.6 is 0 Å². The molecule has 5 heteroatoms. The Morgan fingerprint density at radius 2 is 2.15 bits per heavy atom. The summed E-state index contributed by atoms with van der Waals surface area (Å²) in [5, 5.41) is 1.11. The molecule has 0 bridgehead atoms. The molecule has 2 aromatic rings. The lowest BCUT2D eigenvalue weighted by Gasteiger charge is -2.35. The molecule has 20 heavy (non-hydrogen) atoms. The zero-order valence-corrected chi connectivity index (χ0v) is 12.0. The van der Waals surface area contributed by atoms with Crippen LogP contribution in [0.1, 0.15) is 0 Å². The number of nitrogens with zero attached hydrogens (tertiary/aromatic N) is 4. The number of benzene rings is 1. The Morgan fingerprint density at radius 3 is 3.00 bits per heavy atom. The Balaban J connectivity index is 1.87. The Morgan fingerprint density at radius 1 is 1.30 bits per heavy atom. The van der Waals surface area contributed by atoms with Crippen molar-refractivity contribution in [3.8, 4) is 0 Å². The zero-order valence-electron chi connectivity index (χ0n) is 12.0. The van der Waals surface area contributed by atoms with Gasteiger partial charge in [-0.15, -0.1) is 0 Å². The van der Waals surface area contributed by atoms with Crippen LogP contribution < -0.4 is 4.90 Å². The third-order valence-corrected chi connectivity index (χ3v) is 3.53. The van der Waals surface area contributed by atoms with Crippen LogP contribution in [-0.4, -0.2) is 61.3 Å². The second-order valence-corrected chi connectivity index (χ2v) is 5.42. The van der Waals surface area contributed by atoms with Gasteiger partial charge in [0, 0.05) is 25.0 Å². The molecule has 0 saturated carbocycles. The molecule has 3 rings (SSSR count). The quantitative estimate of drug-likeness (QED) is 0.845. The SMILES string of the molecule is CN(C)C[C@H]1CN(c2ncnc3ccccc23)CCO1. The molecule has 0 unspecified atom stereocenters. The van der Waals surface area contributed by atoms with Gasteiger partial charge in [-0.2, -0.15) is 0 Å². The fourth-order valence-electron chi connectivity index (χ4n) is 2.67. The van der Waals surface area contributed by atoms with Gasteiger partial charge in [0.2, 0.25) is 0 Å². The Hall–Kier alpha value is -1.72. The minimum Gasteiger partial charge on any atom is -0.373 e. The van der Waals surface area contributed by atoms with E-state index >= 15 is 0 Å². The summed E-state index contributed by atoms with van der Waals surface area (Å²) in [6.45, 7) is 3.43. The van der Waals surface area contributed by atoms with Crippen molar-refractivity contribution in [2.75, 3.05) is 45.2 Å². The highest BCUT2D eigenvalue weighted by Crippen LogP contribution is 2.24. The van der Waals surface area contributed by atoms with Gasteiger partial charge in [-0.1, -0.05) is 12.1 Å². The number of para-hydroxylation sites is 1. The van der Waals surface area contributed by atoms with Crippen LogP contribution in [0.25, 0.3) is 10.9 Å². The average Bonchev–Trinajstić information content (AvgIpc) is 2.46. The molecular formula is C15H20N4O. The molecule has 2 heterocycles. The maximum Gasteiger partial charge on any atom is 0.140 e. The summed E-state index contributed by atoms with van der Waals surface area (Å²) in [5.74, 6) is 1.02. The first-order valence-electron chi connectivity index (χ1n) is 6.95. The van der Waals surface area contributed by atoms with Gasteiger partial charge in [0.15, 0.2) is 0 Å². The third-order valence-electron chi connectivity index (χ3n) is 3.53. The van der Waals surface area contributed by atoms with E-state index in [1.807, 2.05) is 18.2 Å². The summed E-state index contributed by atoms with van der Waals surface area (Å²) in [4.78, 5) is 13.3. The molecule has 0 amide bonds. The summed E-state index contributed by atoms with van der Waals surface area (Å²) >= 11 is 0. The lowest BCUT2D eigenvalue weighted by molar-refractivity contribution is 0.0246. The van der Waals surface area contributed by atoms with Gasteiger partial charge >= 0.3 is 0 Å². The Labute approximate surface area is 119 Å². The molecule has 1 fully saturated rings. The van der Waals surface area contributed by atoms with Gasteiger partial charge in [-0.25, -0.2) is 9.97 Å². The van der Waals surface area contributed by atoms with E-state index in [2.05, 4.69) is 39.9 Å². The van der Waals surface area contributed by atoms with Crippen LogP contribution in [0.15, 0.2) is 30.6 Å². The summed E-state index contributed by atoms with van der Waals surface area (Å²) < 4.78 is 5.83. The average molecular weight is 272 g/mol. The number of anilines is 1. The molecule has 1 saturated heterocycles. The van der Waals surface area contributed by atoms with Gasteiger partial charge in [-0.05, 0) is 26.2 Å². The monoisotopic (exact) mass is 272 g/mol. The van der Waals surface area contributed by atoms with Crippen LogP contribution in [0.4, 0.5) is 5.82 Å². The van der Waals surface area contributed by atoms with Crippen molar-refractivity contribution in [1.82, 2.24) is 14.9 Å². The fraction of sp³-hybridized carbons (Fsp3) is 0.467. The van der Waals surface area contributed by atoms with Crippen LogP contribution in [0.5, 0.6) is 0 Å². The standard InChI is InChI=1S/C15H20N4O/c1-18(2)9-12-10-19(7-8-20-12)15-13-5-3-4-6-14(13)16-11-17-15/h3-6,11-12H,7-10H2,1-2H3/t12-/m0/s1. The minimum absolute atomic E-state index is 0.229. The number of morpholine rings is 1. The maximum atomic E-state index is 5.83. The number of rotatable bonds is 3. The molecule has 1 aromatic heterocycles. The molecular weight excluding hydrogens is 252 g/mol. The lowest BCUT2D eigenvalue weighted by Crippen LogP contribution is -2.46. The fourth-order valence-corrected chi connectivity index (χ4v) is 2.67. The van der Waals surface area contributed by atoms with Crippen LogP contribution in [0.3, 0.4) is 0 Å². The minimum atomic E-state index is 0.229. The van der Waals surface area contributed by atoms with E-state index in [0.717, 1.165) is 43.0 Å². The van der Waals surface area contributed by atoms with E-state index in [1.54, 1.807) is 6.33 Å². The van der Waals surface area contributed by atoms with Crippen molar-refractivity contribution >= 4 is 16.7 Å². The Kier molecular flexibility index (Phi) is 3.80. The molecule has 1 aromatic carbocycles. The number of ether oxygens (including phenoxy) is 1. The molecule has 0 aliphatic carbocycles. The topological polar surface area (TPSA) is 41.5 Å². The van der Waals surface area contributed by atoms with E-state index in [9.17, 15) is 0 Å². The Bertz CT molecular complexity index is 582. The summed E-state index contributed by atoms with van der Waals surface area (Å²) in [5.41, 5.74) is 0.994. The molecule has 106 valence electrons. The number of fused-ring (bicyclic) bond motifs is 1. The third kappa shape index (κ3) is 2.73. The molecule has 0 spiro atoms. The van der Waals surface area contributed by atoms with Gasteiger partial charge in [-0.3, -0.25) is 0 Å². The van der Waals surface area contributed by atoms with Crippen molar-refractivity contribution < 1.29 is 4.74 Å². The van der Waals surface area contributed by atoms with Gasteiger partial charge < -0.3 is 14.5 Å². The van der Waals surface area contributed by atoms with Crippen molar-refractivity contribution in [3.63, 3.8) is 0 Å². The van der Waals surface area contributed by atoms with Crippen LogP contribution in [-0.2, 0) is 4.74 Å². The largest absolute Gasteiger partial charge is 0.373 e. The lowest BCUT2D eigenvalue weighted by atomic mass is 10.2. The highest BCUT2D eigenvalue weighted by Gasteiger charge is 2.23. The van der Waals surface area contributed by atoms with Crippen molar-refractivity contribution in [2.24, 2.45) is 0 Å². The highest BCUT2D eigenvalue weighted by atomic mass is 16.5. The van der Waals surface area contributed by atoms with E-state index in [-0.39, 0.29) is 6.10 Å². The maximum absolute atomic E-state index is 5.83. The summed E-state index contributed by atoms with van der Waals surface area (Å²) in [7, 11) is 4.14. The van der Waals surface area contributed by atoms with Crippen LogP contribution in [0.2, 0.25) is 0 Å². The van der Waals surface area contributed by atoms with Crippen molar-refractivity contribution in [2.45, 2.75) is 6.10 Å². The summed E-state index contributed by atoms with van der Waals surface area (Å²) in [6, 6.07) is 8.15. The molecule has 0 radical (unpaired) electrons. The number of hydrogen-bond donors (Lipinski definition) is 0. The number of likely N-dealkylation sites (N-methyl/N-ethyl adjacent to an activating group) is 1. The molecule has 1 aliphatic heterocycles. The van der Waals surface area contributed by atoms with Gasteiger partial charge in [0.1, 0.15) is 12.1 Å². The second-order valence-electron chi connectivity index (χ2n) is 5.42. The predicted octanol–water partition coefficient (Wildman–Crippen LogP) is 1.40. The first-order chi connectivity index (χ1) is 9.74. The first kappa shape index (κ1) is 13.3. The first-order valence-corrected chi connectivity index (χ1v) is 6.95. The van der Waals surface area contributed by atoms with E-state index < -0.39 is 0 Å². The molecule has 1 aliphatic rings. The van der Waals surface area contributed by atoms with E-state index in [4.69, 9.17) is 4.74 Å². The summed E-state index contributed by atoms with van der Waals surface area (Å²) in [6.07, 6.45) is 1.88.